The maximum absolute atomic E-state index is 11.8. The molecular weight excluding hydrogens is 207 g/mol. The van der Waals surface area contributed by atoms with Crippen LogP contribution in [0.15, 0.2) is 60.7 Å². The zero-order chi connectivity index (χ0) is 10.5. The second-order valence-electron chi connectivity index (χ2n) is 3.29. The van der Waals surface area contributed by atoms with Crippen molar-refractivity contribution in [2.24, 2.45) is 0 Å². The molecule has 0 unspecified atom stereocenters. The molecular formula is C14H11NaO. The van der Waals surface area contributed by atoms with Crippen molar-refractivity contribution >= 4 is 11.8 Å². The van der Waals surface area contributed by atoms with E-state index in [1.165, 1.54) is 0 Å². The zero-order valence-corrected chi connectivity index (χ0v) is 11.3. The number of rotatable bonds is 2. The van der Waals surface area contributed by atoms with Crippen LogP contribution < -0.4 is 34.7 Å². The smallest absolute Gasteiger partial charge is 0.872 e. The van der Waals surface area contributed by atoms with Gasteiger partial charge in [-0.15, -0.1) is 5.76 Å². The number of hydrogen-bond donors (Lipinski definition) is 0. The van der Waals surface area contributed by atoms with E-state index < -0.39 is 0 Å². The Morgan fingerprint density at radius 1 is 0.812 bits per heavy atom. The van der Waals surface area contributed by atoms with Gasteiger partial charge in [-0.25, -0.2) is 0 Å². The second kappa shape index (κ2) is 6.54. The van der Waals surface area contributed by atoms with Gasteiger partial charge in [-0.05, 0) is 11.1 Å². The summed E-state index contributed by atoms with van der Waals surface area (Å²) in [6, 6.07) is 18.9. The molecule has 0 aliphatic heterocycles. The Labute approximate surface area is 118 Å². The summed E-state index contributed by atoms with van der Waals surface area (Å²) in [6.07, 6.45) is 1.65. The van der Waals surface area contributed by atoms with Crippen LogP contribution in [0.5, 0.6) is 0 Å². The van der Waals surface area contributed by atoms with Gasteiger partial charge in [-0.3, -0.25) is 0 Å². The Bertz CT molecular complexity index is 449. The monoisotopic (exact) mass is 218 g/mol. The van der Waals surface area contributed by atoms with Gasteiger partial charge in [0.05, 0.1) is 0 Å². The van der Waals surface area contributed by atoms with Crippen molar-refractivity contribution in [1.29, 1.82) is 0 Å². The van der Waals surface area contributed by atoms with Crippen molar-refractivity contribution < 1.29 is 34.7 Å². The summed E-state index contributed by atoms with van der Waals surface area (Å²) in [5.74, 6) is 0.0433. The molecule has 0 aliphatic carbocycles. The van der Waals surface area contributed by atoms with Crippen molar-refractivity contribution in [3.05, 3.63) is 71.8 Å². The third-order valence-corrected chi connectivity index (χ3v) is 2.16. The van der Waals surface area contributed by atoms with Crippen molar-refractivity contribution in [3.63, 3.8) is 0 Å². The van der Waals surface area contributed by atoms with Crippen molar-refractivity contribution in [2.45, 2.75) is 0 Å². The Hall–Kier alpha value is -1.02. The SMILES string of the molecule is [Na+].[O-]/C(=C\c1ccccc1)c1ccccc1. The molecule has 74 valence electrons. The van der Waals surface area contributed by atoms with E-state index in [1.807, 2.05) is 60.7 Å². The quantitative estimate of drug-likeness (QED) is 0.380. The van der Waals surface area contributed by atoms with Gasteiger partial charge < -0.3 is 5.11 Å². The van der Waals surface area contributed by atoms with Crippen LogP contribution >= 0.6 is 0 Å². The van der Waals surface area contributed by atoms with Crippen LogP contribution in [-0.2, 0) is 0 Å². The van der Waals surface area contributed by atoms with Crippen LogP contribution in [0.1, 0.15) is 11.1 Å². The van der Waals surface area contributed by atoms with E-state index in [2.05, 4.69) is 0 Å². The Kier molecular flexibility index (Phi) is 5.33. The largest absolute Gasteiger partial charge is 1.00 e. The molecule has 16 heavy (non-hydrogen) atoms. The summed E-state index contributed by atoms with van der Waals surface area (Å²) in [5.41, 5.74) is 1.66. The summed E-state index contributed by atoms with van der Waals surface area (Å²) >= 11 is 0. The Morgan fingerprint density at radius 3 is 1.88 bits per heavy atom. The van der Waals surface area contributed by atoms with E-state index in [4.69, 9.17) is 0 Å². The Morgan fingerprint density at radius 2 is 1.31 bits per heavy atom. The fraction of sp³-hybridized carbons (Fsp3) is 0. The van der Waals surface area contributed by atoms with Gasteiger partial charge in [-0.2, -0.15) is 0 Å². The maximum Gasteiger partial charge on any atom is 1.00 e. The Balaban J connectivity index is 0.00000128. The average molecular weight is 218 g/mol. The molecule has 0 atom stereocenters. The first-order valence-electron chi connectivity index (χ1n) is 4.85. The minimum absolute atomic E-state index is 0. The molecule has 0 aromatic heterocycles. The third-order valence-electron chi connectivity index (χ3n) is 2.16. The molecule has 0 N–H and O–H groups in total. The zero-order valence-electron chi connectivity index (χ0n) is 9.26. The molecule has 2 heteroatoms. The maximum atomic E-state index is 11.8. The molecule has 0 saturated carbocycles. The molecule has 0 bridgehead atoms. The number of hydrogen-bond acceptors (Lipinski definition) is 1. The second-order valence-corrected chi connectivity index (χ2v) is 3.29. The fourth-order valence-corrected chi connectivity index (χ4v) is 1.39. The molecule has 1 nitrogen and oxygen atoms in total. The summed E-state index contributed by atoms with van der Waals surface area (Å²) in [6.45, 7) is 0. The molecule has 2 rings (SSSR count). The van der Waals surface area contributed by atoms with Gasteiger partial charge in [0.1, 0.15) is 0 Å². The first-order valence-corrected chi connectivity index (χ1v) is 4.85. The molecule has 0 radical (unpaired) electrons. The van der Waals surface area contributed by atoms with Gasteiger partial charge >= 0.3 is 29.6 Å². The number of benzene rings is 2. The predicted octanol–water partition coefficient (Wildman–Crippen LogP) is -0.451. The van der Waals surface area contributed by atoms with Crippen LogP contribution in [-0.4, -0.2) is 0 Å². The minimum Gasteiger partial charge on any atom is -0.872 e. The van der Waals surface area contributed by atoms with Crippen molar-refractivity contribution in [2.75, 3.05) is 0 Å². The van der Waals surface area contributed by atoms with Gasteiger partial charge in [0.2, 0.25) is 0 Å². The van der Waals surface area contributed by atoms with E-state index in [0.717, 1.165) is 11.1 Å². The van der Waals surface area contributed by atoms with E-state index in [9.17, 15) is 5.11 Å². The summed E-state index contributed by atoms with van der Waals surface area (Å²) in [7, 11) is 0. The standard InChI is InChI=1S/C14H12O.Na/c15-14(13-9-5-2-6-10-13)11-12-7-3-1-4-8-12;/h1-11,15H;/q;+1/p-1/b14-11-;. The van der Waals surface area contributed by atoms with Gasteiger partial charge in [0.15, 0.2) is 0 Å². The normalized spacial score (nSPS) is 10.6. The van der Waals surface area contributed by atoms with Crippen molar-refractivity contribution in [3.8, 4) is 0 Å². The molecule has 0 aliphatic rings. The summed E-state index contributed by atoms with van der Waals surface area (Å²) < 4.78 is 0. The molecule has 0 fully saturated rings. The van der Waals surface area contributed by atoms with Gasteiger partial charge in [-0.1, -0.05) is 66.7 Å². The molecule has 2 aromatic carbocycles. The first-order chi connectivity index (χ1) is 7.36. The van der Waals surface area contributed by atoms with Crippen LogP contribution in [0.4, 0.5) is 0 Å². The molecule has 0 amide bonds. The fourth-order valence-electron chi connectivity index (χ4n) is 1.39. The summed E-state index contributed by atoms with van der Waals surface area (Å²) in [5, 5.41) is 11.8. The van der Waals surface area contributed by atoms with Crippen LogP contribution in [0.25, 0.3) is 11.8 Å². The molecule has 0 spiro atoms. The van der Waals surface area contributed by atoms with Crippen molar-refractivity contribution in [1.82, 2.24) is 0 Å². The predicted molar refractivity (Wildman–Crippen MR) is 60.8 cm³/mol. The first kappa shape index (κ1) is 13.0. The topological polar surface area (TPSA) is 23.1 Å². The van der Waals surface area contributed by atoms with Crippen LogP contribution in [0.2, 0.25) is 0 Å². The minimum atomic E-state index is 0. The van der Waals surface area contributed by atoms with Crippen LogP contribution in [0.3, 0.4) is 0 Å². The van der Waals surface area contributed by atoms with E-state index in [1.54, 1.807) is 6.08 Å². The van der Waals surface area contributed by atoms with Crippen LogP contribution in [0, 0.1) is 0 Å². The van der Waals surface area contributed by atoms with Gasteiger partial charge in [0.25, 0.3) is 0 Å². The van der Waals surface area contributed by atoms with E-state index in [0.29, 0.717) is 0 Å². The molecule has 0 saturated heterocycles. The van der Waals surface area contributed by atoms with E-state index >= 15 is 0 Å². The average Bonchev–Trinajstić information content (AvgIpc) is 2.31. The van der Waals surface area contributed by atoms with Gasteiger partial charge in [0, 0.05) is 0 Å². The molecule has 0 heterocycles. The molecule has 2 aromatic rings. The summed E-state index contributed by atoms with van der Waals surface area (Å²) in [4.78, 5) is 0. The third kappa shape index (κ3) is 3.53. The van der Waals surface area contributed by atoms with E-state index in [-0.39, 0.29) is 35.3 Å².